The van der Waals surface area contributed by atoms with E-state index in [0.29, 0.717) is 5.88 Å². The van der Waals surface area contributed by atoms with Crippen LogP contribution in [0.4, 0.5) is 0 Å². The number of imidazole rings is 1. The highest BCUT2D eigenvalue weighted by atomic mass is 127. The average molecular weight is 408 g/mol. The number of methoxy groups -OCH3 is 1. The molecule has 0 fully saturated rings. The Kier molecular flexibility index (Phi) is 6.07. The molecule has 0 aliphatic heterocycles. The molecule has 0 N–H and O–H groups in total. The highest BCUT2D eigenvalue weighted by molar-refractivity contribution is 14.1. The summed E-state index contributed by atoms with van der Waals surface area (Å²) in [5, 5.41) is 0. The summed E-state index contributed by atoms with van der Waals surface area (Å²) in [4.78, 5) is 6.87. The Balaban J connectivity index is 2.15. The Labute approximate surface area is 138 Å². The second kappa shape index (κ2) is 7.59. The minimum Gasteiger partial charge on any atom is -0.383 e. The van der Waals surface area contributed by atoms with Crippen LogP contribution in [0.1, 0.15) is 5.82 Å². The third-order valence-electron chi connectivity index (χ3n) is 3.29. The molecule has 110 valence electrons. The highest BCUT2D eigenvalue weighted by Gasteiger charge is 2.10. The normalized spacial score (nSPS) is 11.7. The van der Waals surface area contributed by atoms with Gasteiger partial charge in [0, 0.05) is 30.3 Å². The topological polar surface area (TPSA) is 30.3 Å². The molecule has 0 saturated carbocycles. The molecule has 1 aromatic heterocycles. The lowest BCUT2D eigenvalue weighted by Crippen LogP contribution is -2.27. The maximum absolute atomic E-state index is 6.02. The summed E-state index contributed by atoms with van der Waals surface area (Å²) in [5.74, 6) is 1.37. The van der Waals surface area contributed by atoms with Crippen molar-refractivity contribution in [2.75, 3.05) is 33.9 Å². The van der Waals surface area contributed by atoms with E-state index < -0.39 is 0 Å². The Morgan fingerprint density at radius 2 is 2.20 bits per heavy atom. The molecule has 0 aliphatic rings. The molecule has 6 heteroatoms. The number of hydrogen-bond acceptors (Lipinski definition) is 3. The van der Waals surface area contributed by atoms with E-state index in [0.717, 1.165) is 43.1 Å². The highest BCUT2D eigenvalue weighted by Crippen LogP contribution is 2.20. The lowest BCUT2D eigenvalue weighted by atomic mass is 10.3. The molecule has 2 aromatic rings. The van der Waals surface area contributed by atoms with Crippen LogP contribution >= 0.6 is 34.2 Å². The van der Waals surface area contributed by atoms with Gasteiger partial charge in [-0.05, 0) is 47.8 Å². The zero-order valence-electron chi connectivity index (χ0n) is 11.8. The molecular formula is C14H19ClIN3O. The van der Waals surface area contributed by atoms with E-state index in [1.165, 1.54) is 3.57 Å². The molecule has 0 atom stereocenters. The monoisotopic (exact) mass is 407 g/mol. The standard InChI is InChI=1S/C14H19ClIN3O/c1-18(7-8-20-2)5-6-19-13-4-3-11(16)9-12(13)17-14(19)10-15/h3-4,9H,5-8,10H2,1-2H3. The van der Waals surface area contributed by atoms with Crippen LogP contribution in [0, 0.1) is 3.57 Å². The number of likely N-dealkylation sites (N-methyl/N-ethyl adjacent to an activating group) is 1. The number of fused-ring (bicyclic) bond motifs is 1. The number of benzene rings is 1. The molecule has 2 rings (SSSR count). The summed E-state index contributed by atoms with van der Waals surface area (Å²) in [6, 6.07) is 6.32. The molecule has 1 heterocycles. The fraction of sp³-hybridized carbons (Fsp3) is 0.500. The van der Waals surface area contributed by atoms with E-state index in [9.17, 15) is 0 Å². The molecule has 4 nitrogen and oxygen atoms in total. The van der Waals surface area contributed by atoms with Crippen LogP contribution in [0.5, 0.6) is 0 Å². The van der Waals surface area contributed by atoms with Crippen molar-refractivity contribution in [3.63, 3.8) is 0 Å². The minimum atomic E-state index is 0.438. The van der Waals surface area contributed by atoms with Crippen LogP contribution in [-0.2, 0) is 17.2 Å². The number of alkyl halides is 1. The second-order valence-electron chi connectivity index (χ2n) is 4.74. The van der Waals surface area contributed by atoms with E-state index in [4.69, 9.17) is 16.3 Å². The van der Waals surface area contributed by atoms with Gasteiger partial charge in [-0.2, -0.15) is 0 Å². The predicted octanol–water partition coefficient (Wildman–Crippen LogP) is 2.96. The van der Waals surface area contributed by atoms with Gasteiger partial charge in [0.05, 0.1) is 23.5 Å². The van der Waals surface area contributed by atoms with Crippen molar-refractivity contribution in [3.05, 3.63) is 27.6 Å². The summed E-state index contributed by atoms with van der Waals surface area (Å²) >= 11 is 8.33. The first-order valence-electron chi connectivity index (χ1n) is 6.54. The summed E-state index contributed by atoms with van der Waals surface area (Å²) in [6.45, 7) is 3.52. The Bertz CT molecular complexity index is 573. The van der Waals surface area contributed by atoms with Gasteiger partial charge in [-0.3, -0.25) is 0 Å². The van der Waals surface area contributed by atoms with Crippen LogP contribution in [0.25, 0.3) is 11.0 Å². The number of rotatable bonds is 7. The van der Waals surface area contributed by atoms with Crippen molar-refractivity contribution in [2.24, 2.45) is 0 Å². The third-order valence-corrected chi connectivity index (χ3v) is 4.20. The first kappa shape index (κ1) is 16.0. The van der Waals surface area contributed by atoms with E-state index in [1.807, 2.05) is 0 Å². The Hall–Kier alpha value is -0.370. The summed E-state index contributed by atoms with van der Waals surface area (Å²) < 4.78 is 8.50. The van der Waals surface area contributed by atoms with E-state index in [2.05, 4.69) is 62.3 Å². The lowest BCUT2D eigenvalue weighted by molar-refractivity contribution is 0.159. The van der Waals surface area contributed by atoms with Crippen molar-refractivity contribution >= 4 is 45.2 Å². The van der Waals surface area contributed by atoms with Crippen molar-refractivity contribution < 1.29 is 4.74 Å². The Morgan fingerprint density at radius 3 is 2.90 bits per heavy atom. The molecule has 0 bridgehead atoms. The van der Waals surface area contributed by atoms with Gasteiger partial charge >= 0.3 is 0 Å². The minimum absolute atomic E-state index is 0.438. The summed E-state index contributed by atoms with van der Waals surface area (Å²) in [7, 11) is 3.83. The van der Waals surface area contributed by atoms with Crippen molar-refractivity contribution in [1.82, 2.24) is 14.5 Å². The van der Waals surface area contributed by atoms with Crippen LogP contribution < -0.4 is 0 Å². The zero-order chi connectivity index (χ0) is 14.5. The molecular weight excluding hydrogens is 389 g/mol. The van der Waals surface area contributed by atoms with Gasteiger partial charge in [-0.15, -0.1) is 11.6 Å². The van der Waals surface area contributed by atoms with Gasteiger partial charge in [-0.25, -0.2) is 4.98 Å². The molecule has 0 radical (unpaired) electrons. The van der Waals surface area contributed by atoms with Crippen molar-refractivity contribution in [3.8, 4) is 0 Å². The maximum Gasteiger partial charge on any atom is 0.124 e. The molecule has 1 aromatic carbocycles. The molecule has 0 amide bonds. The van der Waals surface area contributed by atoms with Gasteiger partial charge in [0.25, 0.3) is 0 Å². The fourth-order valence-electron chi connectivity index (χ4n) is 2.13. The van der Waals surface area contributed by atoms with Crippen LogP contribution in [0.15, 0.2) is 18.2 Å². The number of halogens is 2. The average Bonchev–Trinajstić information content (AvgIpc) is 2.79. The van der Waals surface area contributed by atoms with Crippen molar-refractivity contribution in [2.45, 2.75) is 12.4 Å². The maximum atomic E-state index is 6.02. The van der Waals surface area contributed by atoms with Gasteiger partial charge in [0.15, 0.2) is 0 Å². The lowest BCUT2D eigenvalue weighted by Gasteiger charge is -2.17. The van der Waals surface area contributed by atoms with E-state index in [-0.39, 0.29) is 0 Å². The van der Waals surface area contributed by atoms with Gasteiger partial charge in [0.2, 0.25) is 0 Å². The van der Waals surface area contributed by atoms with Crippen LogP contribution in [0.3, 0.4) is 0 Å². The largest absolute Gasteiger partial charge is 0.383 e. The third kappa shape index (κ3) is 3.84. The molecule has 20 heavy (non-hydrogen) atoms. The van der Waals surface area contributed by atoms with Gasteiger partial charge in [-0.1, -0.05) is 0 Å². The van der Waals surface area contributed by atoms with Gasteiger partial charge in [0.1, 0.15) is 5.82 Å². The van der Waals surface area contributed by atoms with Gasteiger partial charge < -0.3 is 14.2 Å². The first-order chi connectivity index (χ1) is 9.65. The molecule has 0 unspecified atom stereocenters. The molecule has 0 saturated heterocycles. The Morgan fingerprint density at radius 1 is 1.40 bits per heavy atom. The number of hydrogen-bond donors (Lipinski definition) is 0. The number of nitrogens with zero attached hydrogens (tertiary/aromatic N) is 3. The van der Waals surface area contributed by atoms with Crippen LogP contribution in [-0.4, -0.2) is 48.3 Å². The number of aromatic nitrogens is 2. The zero-order valence-corrected chi connectivity index (χ0v) is 14.7. The first-order valence-corrected chi connectivity index (χ1v) is 8.15. The van der Waals surface area contributed by atoms with E-state index in [1.54, 1.807) is 7.11 Å². The number of ether oxygens (including phenoxy) is 1. The van der Waals surface area contributed by atoms with E-state index >= 15 is 0 Å². The second-order valence-corrected chi connectivity index (χ2v) is 6.26. The summed E-state index contributed by atoms with van der Waals surface area (Å²) in [5.41, 5.74) is 2.17. The van der Waals surface area contributed by atoms with Crippen molar-refractivity contribution in [1.29, 1.82) is 0 Å². The fourth-order valence-corrected chi connectivity index (χ4v) is 2.81. The molecule has 0 aliphatic carbocycles. The summed E-state index contributed by atoms with van der Waals surface area (Å²) in [6.07, 6.45) is 0. The quantitative estimate of drug-likeness (QED) is 0.522. The smallest absolute Gasteiger partial charge is 0.124 e. The van der Waals surface area contributed by atoms with Crippen LogP contribution in [0.2, 0.25) is 0 Å². The predicted molar refractivity (Wildman–Crippen MR) is 91.4 cm³/mol. The molecule has 0 spiro atoms. The SMILES string of the molecule is COCCN(C)CCn1c(CCl)nc2cc(I)ccc21.